The first kappa shape index (κ1) is 20.4. The Hall–Kier alpha value is -2.30. The van der Waals surface area contributed by atoms with Gasteiger partial charge in [0, 0.05) is 10.5 Å². The molecule has 2 atom stereocenters. The minimum Gasteiger partial charge on any atom is -0.458 e. The molecule has 0 bridgehead atoms. The quantitative estimate of drug-likeness (QED) is 0.501. The van der Waals surface area contributed by atoms with Crippen LogP contribution in [0.15, 0.2) is 30.3 Å². The number of hydrogen-bond donors (Lipinski definition) is 1. The number of nitrogens with one attached hydrogen (secondary N) is 1. The topological polar surface area (TPSA) is 58.6 Å². The lowest BCUT2D eigenvalue weighted by Crippen LogP contribution is -2.62. The Labute approximate surface area is 173 Å². The van der Waals surface area contributed by atoms with Crippen LogP contribution in [0, 0.1) is 21.0 Å². The van der Waals surface area contributed by atoms with Crippen LogP contribution in [-0.2, 0) is 9.53 Å². The van der Waals surface area contributed by atoms with Crippen molar-refractivity contribution in [3.63, 3.8) is 0 Å². The van der Waals surface area contributed by atoms with Crippen LogP contribution in [0.5, 0.6) is 0 Å². The van der Waals surface area contributed by atoms with Gasteiger partial charge in [-0.1, -0.05) is 0 Å². The maximum Gasteiger partial charge on any atom is 0.303 e. The Balaban J connectivity index is 1.91. The van der Waals surface area contributed by atoms with Gasteiger partial charge in [0.2, 0.25) is 0 Å². The fraction of sp³-hybridized carbons (Fsp3) is 0.263. The smallest absolute Gasteiger partial charge is 0.303 e. The molecule has 1 aliphatic rings. The average molecular weight is 504 g/mol. The summed E-state index contributed by atoms with van der Waals surface area (Å²) in [6.07, 6.45) is -0.461. The van der Waals surface area contributed by atoms with E-state index < -0.39 is 47.2 Å². The van der Waals surface area contributed by atoms with Crippen molar-refractivity contribution in [3.8, 4) is 0 Å². The zero-order valence-electron chi connectivity index (χ0n) is 14.9. The fourth-order valence-corrected chi connectivity index (χ4v) is 3.38. The predicted octanol–water partition coefficient (Wildman–Crippen LogP) is 4.23. The molecule has 1 fully saturated rings. The number of anilines is 2. The molecule has 1 N–H and O–H groups in total. The van der Waals surface area contributed by atoms with Gasteiger partial charge >= 0.3 is 5.97 Å². The summed E-state index contributed by atoms with van der Waals surface area (Å²) in [6, 6.07) is 5.74. The normalized spacial score (nSPS) is 18.4. The lowest BCUT2D eigenvalue weighted by molar-refractivity contribution is -0.158. The van der Waals surface area contributed by atoms with Gasteiger partial charge < -0.3 is 15.0 Å². The first-order valence-electron chi connectivity index (χ1n) is 8.37. The van der Waals surface area contributed by atoms with E-state index in [1.54, 1.807) is 13.0 Å². The van der Waals surface area contributed by atoms with E-state index in [1.807, 2.05) is 22.6 Å². The Kier molecular flexibility index (Phi) is 5.82. The zero-order chi connectivity index (χ0) is 20.6. The lowest BCUT2D eigenvalue weighted by atomic mass is 9.98. The Morgan fingerprint density at radius 3 is 2.50 bits per heavy atom. The molecule has 0 saturated carbocycles. The molecule has 0 radical (unpaired) electrons. The van der Waals surface area contributed by atoms with Crippen molar-refractivity contribution in [1.82, 2.24) is 4.90 Å². The van der Waals surface area contributed by atoms with E-state index in [4.69, 9.17) is 4.74 Å². The van der Waals surface area contributed by atoms with Gasteiger partial charge in [-0.15, -0.1) is 0 Å². The van der Waals surface area contributed by atoms with Crippen molar-refractivity contribution >= 4 is 45.8 Å². The van der Waals surface area contributed by atoms with Crippen LogP contribution >= 0.6 is 22.6 Å². The number of benzene rings is 2. The molecule has 148 valence electrons. The molecule has 0 aromatic heterocycles. The molecule has 1 amide bonds. The molecule has 2 aromatic carbocycles. The molecule has 1 aliphatic heterocycles. The SMILES string of the molecule is CC(=O)OC1CN(C(=O)c2ccc(F)c(F)c2Nc2ccc(I)cc2F)C1C. The second-order valence-electron chi connectivity index (χ2n) is 6.38. The van der Waals surface area contributed by atoms with Crippen LogP contribution in [0.4, 0.5) is 24.5 Å². The summed E-state index contributed by atoms with van der Waals surface area (Å²) in [7, 11) is 0. The van der Waals surface area contributed by atoms with Gasteiger partial charge in [0.25, 0.3) is 5.91 Å². The molecule has 0 aliphatic carbocycles. The van der Waals surface area contributed by atoms with Crippen molar-refractivity contribution in [3.05, 3.63) is 56.9 Å². The summed E-state index contributed by atoms with van der Waals surface area (Å²) in [4.78, 5) is 25.3. The molecule has 5 nitrogen and oxygen atoms in total. The highest BCUT2D eigenvalue weighted by Gasteiger charge is 2.42. The number of nitrogens with zero attached hydrogens (tertiary/aromatic N) is 1. The number of hydrogen-bond acceptors (Lipinski definition) is 4. The maximum atomic E-state index is 14.4. The van der Waals surface area contributed by atoms with Gasteiger partial charge in [0.05, 0.1) is 29.5 Å². The second kappa shape index (κ2) is 7.98. The lowest BCUT2D eigenvalue weighted by Gasteiger charge is -2.45. The third-order valence-electron chi connectivity index (χ3n) is 4.50. The van der Waals surface area contributed by atoms with E-state index in [0.29, 0.717) is 3.57 Å². The third kappa shape index (κ3) is 3.94. The summed E-state index contributed by atoms with van der Waals surface area (Å²) in [6.45, 7) is 3.08. The molecular formula is C19H16F3IN2O3. The summed E-state index contributed by atoms with van der Waals surface area (Å²) < 4.78 is 48.1. The maximum absolute atomic E-state index is 14.4. The highest BCUT2D eigenvalue weighted by atomic mass is 127. The van der Waals surface area contributed by atoms with Crippen LogP contribution in [0.25, 0.3) is 0 Å². The van der Waals surface area contributed by atoms with E-state index in [0.717, 1.165) is 12.1 Å². The van der Waals surface area contributed by atoms with E-state index in [1.165, 1.54) is 24.0 Å². The summed E-state index contributed by atoms with van der Waals surface area (Å²) in [5.74, 6) is -4.16. The number of carbonyl (C=O) groups excluding carboxylic acids is 2. The third-order valence-corrected chi connectivity index (χ3v) is 5.17. The Bertz CT molecular complexity index is 954. The van der Waals surface area contributed by atoms with Crippen molar-refractivity contribution < 1.29 is 27.5 Å². The predicted molar refractivity (Wildman–Crippen MR) is 105 cm³/mol. The molecular weight excluding hydrogens is 488 g/mol. The molecule has 2 unspecified atom stereocenters. The summed E-state index contributed by atoms with van der Waals surface area (Å²) in [5.41, 5.74) is -0.688. The number of esters is 1. The van der Waals surface area contributed by atoms with E-state index in [2.05, 4.69) is 5.32 Å². The van der Waals surface area contributed by atoms with Gasteiger partial charge in [-0.25, -0.2) is 13.2 Å². The molecule has 1 saturated heterocycles. The number of carbonyl (C=O) groups is 2. The highest BCUT2D eigenvalue weighted by Crippen LogP contribution is 2.32. The van der Waals surface area contributed by atoms with Crippen molar-refractivity contribution in [1.29, 1.82) is 0 Å². The summed E-state index contributed by atoms with van der Waals surface area (Å²) in [5, 5.41) is 2.49. The molecule has 2 aromatic rings. The Morgan fingerprint density at radius 1 is 1.18 bits per heavy atom. The highest BCUT2D eigenvalue weighted by molar-refractivity contribution is 14.1. The van der Waals surface area contributed by atoms with Crippen molar-refractivity contribution in [2.24, 2.45) is 0 Å². The molecule has 1 heterocycles. The van der Waals surface area contributed by atoms with Gasteiger partial charge in [0.15, 0.2) is 11.6 Å². The number of likely N-dealkylation sites (tertiary alicyclic amines) is 1. The van der Waals surface area contributed by atoms with Gasteiger partial charge in [0.1, 0.15) is 11.9 Å². The first-order valence-corrected chi connectivity index (χ1v) is 9.45. The van der Waals surface area contributed by atoms with Crippen LogP contribution in [0.2, 0.25) is 0 Å². The fourth-order valence-electron chi connectivity index (χ4n) is 2.92. The van der Waals surface area contributed by atoms with Crippen molar-refractivity contribution in [2.45, 2.75) is 26.0 Å². The van der Waals surface area contributed by atoms with Gasteiger partial charge in [-0.05, 0) is 59.8 Å². The minimum absolute atomic E-state index is 0.0894. The molecule has 0 spiro atoms. The molecule has 9 heteroatoms. The number of halogens is 4. The number of ether oxygens (including phenoxy) is 1. The first-order chi connectivity index (χ1) is 13.2. The summed E-state index contributed by atoms with van der Waals surface area (Å²) >= 11 is 1.92. The monoisotopic (exact) mass is 504 g/mol. The second-order valence-corrected chi connectivity index (χ2v) is 7.62. The van der Waals surface area contributed by atoms with Gasteiger partial charge in [-0.2, -0.15) is 0 Å². The zero-order valence-corrected chi connectivity index (χ0v) is 17.1. The van der Waals surface area contributed by atoms with E-state index in [-0.39, 0.29) is 17.8 Å². The largest absolute Gasteiger partial charge is 0.458 e. The van der Waals surface area contributed by atoms with Crippen LogP contribution in [0.1, 0.15) is 24.2 Å². The number of rotatable bonds is 4. The average Bonchev–Trinajstić information content (AvgIpc) is 2.63. The molecule has 3 rings (SSSR count). The van der Waals surface area contributed by atoms with Crippen LogP contribution < -0.4 is 5.32 Å². The van der Waals surface area contributed by atoms with Crippen LogP contribution in [-0.4, -0.2) is 35.5 Å². The minimum atomic E-state index is -1.28. The van der Waals surface area contributed by atoms with E-state index in [9.17, 15) is 22.8 Å². The standard InChI is InChI=1S/C19H16F3IN2O3/c1-9-16(28-10(2)26)8-25(9)19(27)12-4-5-13(20)17(22)18(12)24-15-6-3-11(23)7-14(15)21/h3-7,9,16,24H,8H2,1-2H3. The van der Waals surface area contributed by atoms with Crippen LogP contribution in [0.3, 0.4) is 0 Å². The van der Waals surface area contributed by atoms with Crippen molar-refractivity contribution in [2.75, 3.05) is 11.9 Å². The van der Waals surface area contributed by atoms with Gasteiger partial charge in [-0.3, -0.25) is 9.59 Å². The Morgan fingerprint density at radius 2 is 1.89 bits per heavy atom. The van der Waals surface area contributed by atoms with E-state index >= 15 is 0 Å². The molecule has 28 heavy (non-hydrogen) atoms. The number of amides is 1.